The van der Waals surface area contributed by atoms with Crippen molar-refractivity contribution in [3.8, 4) is 6.01 Å². The number of nitrogens with zero attached hydrogens (tertiary/aromatic N) is 6. The Morgan fingerprint density at radius 1 is 1.11 bits per heavy atom. The molecule has 3 atom stereocenters. The number of hydrogen-bond acceptors (Lipinski definition) is 9. The van der Waals surface area contributed by atoms with Crippen LogP contribution >= 0.6 is 0 Å². The van der Waals surface area contributed by atoms with Gasteiger partial charge in [0.1, 0.15) is 17.6 Å². The number of piperazine rings is 1. The lowest BCUT2D eigenvalue weighted by Crippen LogP contribution is -2.59. The highest BCUT2D eigenvalue weighted by Gasteiger charge is 2.55. The number of nitrogens with one attached hydrogen (secondary N) is 1. The van der Waals surface area contributed by atoms with Crippen LogP contribution in [-0.4, -0.2) is 102 Å². The molecule has 1 aromatic heterocycles. The zero-order valence-electron chi connectivity index (χ0n) is 26.5. The summed E-state index contributed by atoms with van der Waals surface area (Å²) in [5.41, 5.74) is 4.67. The normalized spacial score (nSPS) is 24.4. The van der Waals surface area contributed by atoms with Crippen LogP contribution in [0.4, 0.5) is 11.5 Å². The molecule has 7 rings (SSSR count). The van der Waals surface area contributed by atoms with E-state index >= 15 is 0 Å². The van der Waals surface area contributed by atoms with E-state index < -0.39 is 6.23 Å². The van der Waals surface area contributed by atoms with Crippen molar-refractivity contribution in [3.63, 3.8) is 0 Å². The fourth-order valence-corrected chi connectivity index (χ4v) is 8.02. The van der Waals surface area contributed by atoms with Gasteiger partial charge in [-0.25, -0.2) is 0 Å². The van der Waals surface area contributed by atoms with Crippen LogP contribution in [0.5, 0.6) is 6.01 Å². The topological polar surface area (TPSA) is 80.2 Å². The fourth-order valence-electron chi connectivity index (χ4n) is 8.02. The van der Waals surface area contributed by atoms with Crippen LogP contribution in [0.25, 0.3) is 10.8 Å². The minimum atomic E-state index is -0.662. The Hall–Kier alpha value is -3.24. The smallest absolute Gasteiger partial charge is 0.319 e. The van der Waals surface area contributed by atoms with Crippen molar-refractivity contribution in [1.82, 2.24) is 25.1 Å². The standard InChI is InChI=1S/C35H47N7O2/c1-5-31(43)42-20-19-41(22-26(42)21-36-3)33-27-14-18-40(29-12-7-11-25-10-6-9-24(2)32(25)29)23-28(27)37-34(38-33)44-35(15-16-35)30-13-8-17-39(30)4/h5-7,9-12,26,30-31,36,43H,1,8,13-23H2,2-4H3/t26-,30-,31?/m0/s1. The molecule has 44 heavy (non-hydrogen) atoms. The second-order valence-electron chi connectivity index (χ2n) is 13.2. The Labute approximate surface area is 261 Å². The average Bonchev–Trinajstić information content (AvgIpc) is 3.68. The summed E-state index contributed by atoms with van der Waals surface area (Å²) in [7, 11) is 4.19. The summed E-state index contributed by atoms with van der Waals surface area (Å²) in [5.74, 6) is 1.00. The number of hydrogen-bond donors (Lipinski definition) is 2. The van der Waals surface area contributed by atoms with Gasteiger partial charge in [-0.3, -0.25) is 9.80 Å². The van der Waals surface area contributed by atoms with Crippen molar-refractivity contribution < 1.29 is 9.84 Å². The molecule has 3 aromatic rings. The summed E-state index contributed by atoms with van der Waals surface area (Å²) in [5, 5.41) is 16.6. The van der Waals surface area contributed by atoms with Crippen molar-refractivity contribution in [3.05, 3.63) is 65.9 Å². The molecule has 0 radical (unpaired) electrons. The predicted octanol–water partition coefficient (Wildman–Crippen LogP) is 3.72. The first-order valence-corrected chi connectivity index (χ1v) is 16.4. The van der Waals surface area contributed by atoms with Crippen molar-refractivity contribution in [2.24, 2.45) is 0 Å². The van der Waals surface area contributed by atoms with Crippen LogP contribution in [0.3, 0.4) is 0 Å². The number of aryl methyl sites for hydroxylation is 1. The Bertz CT molecular complexity index is 1520. The van der Waals surface area contributed by atoms with Gasteiger partial charge in [-0.15, -0.1) is 0 Å². The molecule has 9 heteroatoms. The van der Waals surface area contributed by atoms with Crippen molar-refractivity contribution in [2.75, 3.05) is 63.2 Å². The number of benzene rings is 2. The Morgan fingerprint density at radius 3 is 2.66 bits per heavy atom. The average molecular weight is 598 g/mol. The molecule has 0 bridgehead atoms. The van der Waals surface area contributed by atoms with Crippen molar-refractivity contribution in [2.45, 2.75) is 69.5 Å². The molecular formula is C35H47N7O2. The molecule has 2 N–H and O–H groups in total. The van der Waals surface area contributed by atoms with E-state index in [2.05, 4.69) is 81.9 Å². The van der Waals surface area contributed by atoms with Crippen molar-refractivity contribution in [1.29, 1.82) is 0 Å². The molecule has 3 fully saturated rings. The minimum Gasteiger partial charge on any atom is -0.455 e. The van der Waals surface area contributed by atoms with Gasteiger partial charge in [0.2, 0.25) is 0 Å². The van der Waals surface area contributed by atoms with Crippen LogP contribution in [0.1, 0.15) is 42.5 Å². The molecule has 1 saturated carbocycles. The summed E-state index contributed by atoms with van der Waals surface area (Å²) in [6, 6.07) is 14.2. The largest absolute Gasteiger partial charge is 0.455 e. The van der Waals surface area contributed by atoms with E-state index in [0.717, 1.165) is 76.6 Å². The number of likely N-dealkylation sites (N-methyl/N-ethyl adjacent to an activating group) is 2. The Balaban J connectivity index is 1.25. The van der Waals surface area contributed by atoms with Crippen LogP contribution in [0.2, 0.25) is 0 Å². The first kappa shape index (κ1) is 29.5. The van der Waals surface area contributed by atoms with E-state index in [1.54, 1.807) is 6.08 Å². The second kappa shape index (κ2) is 11.9. The molecule has 0 spiro atoms. The molecular weight excluding hydrogens is 550 g/mol. The van der Waals surface area contributed by atoms with Gasteiger partial charge in [0, 0.05) is 61.4 Å². The maximum atomic E-state index is 10.7. The van der Waals surface area contributed by atoms with Gasteiger partial charge >= 0.3 is 6.01 Å². The SMILES string of the molecule is C=CC(O)N1CCN(c2nc(OC3([C@@H]4CCCN4C)CC3)nc3c2CCN(c2cccc4cccc(C)c24)C3)C[C@@H]1CNC. The summed E-state index contributed by atoms with van der Waals surface area (Å²) >= 11 is 0. The number of rotatable bonds is 9. The molecule has 234 valence electrons. The molecule has 1 unspecified atom stereocenters. The summed E-state index contributed by atoms with van der Waals surface area (Å²) in [6.45, 7) is 11.8. The summed E-state index contributed by atoms with van der Waals surface area (Å²) in [6.07, 6.45) is 6.33. The molecule has 2 aromatic carbocycles. The van der Waals surface area contributed by atoms with E-state index in [0.29, 0.717) is 12.1 Å². The van der Waals surface area contributed by atoms with E-state index in [1.165, 1.54) is 40.4 Å². The Morgan fingerprint density at radius 2 is 1.93 bits per heavy atom. The second-order valence-corrected chi connectivity index (χ2v) is 13.2. The van der Waals surface area contributed by atoms with E-state index in [1.807, 2.05) is 7.05 Å². The summed E-state index contributed by atoms with van der Waals surface area (Å²) in [4.78, 5) is 19.9. The lowest BCUT2D eigenvalue weighted by atomic mass is 9.99. The lowest BCUT2D eigenvalue weighted by Gasteiger charge is -2.44. The lowest BCUT2D eigenvalue weighted by molar-refractivity contribution is 0.00365. The van der Waals surface area contributed by atoms with Crippen LogP contribution in [0, 0.1) is 6.92 Å². The van der Waals surface area contributed by atoms with Gasteiger partial charge in [0.15, 0.2) is 0 Å². The zero-order valence-corrected chi connectivity index (χ0v) is 26.5. The summed E-state index contributed by atoms with van der Waals surface area (Å²) < 4.78 is 6.86. The Kier molecular flexibility index (Phi) is 7.99. The number of ether oxygens (including phenoxy) is 1. The van der Waals surface area contributed by atoms with Crippen LogP contribution in [-0.2, 0) is 13.0 Å². The zero-order chi connectivity index (χ0) is 30.4. The number of aliphatic hydroxyl groups excluding tert-OH is 1. The van der Waals surface area contributed by atoms with Gasteiger partial charge < -0.3 is 25.0 Å². The molecule has 2 saturated heterocycles. The molecule has 4 aliphatic rings. The molecule has 3 aliphatic heterocycles. The third kappa shape index (κ3) is 5.34. The molecule has 4 heterocycles. The van der Waals surface area contributed by atoms with Crippen LogP contribution in [0.15, 0.2) is 49.1 Å². The fraction of sp³-hybridized carbons (Fsp3) is 0.543. The first-order valence-electron chi connectivity index (χ1n) is 16.4. The predicted molar refractivity (Wildman–Crippen MR) is 177 cm³/mol. The number of anilines is 2. The highest BCUT2D eigenvalue weighted by atomic mass is 16.5. The number of aliphatic hydroxyl groups is 1. The maximum Gasteiger partial charge on any atom is 0.319 e. The van der Waals surface area contributed by atoms with E-state index in [-0.39, 0.29) is 11.6 Å². The third-order valence-electron chi connectivity index (χ3n) is 10.4. The molecule has 1 aliphatic carbocycles. The van der Waals surface area contributed by atoms with Crippen molar-refractivity contribution >= 4 is 22.3 Å². The van der Waals surface area contributed by atoms with Gasteiger partial charge in [-0.05, 0) is 82.8 Å². The van der Waals surface area contributed by atoms with Gasteiger partial charge in [-0.1, -0.05) is 36.9 Å². The third-order valence-corrected chi connectivity index (χ3v) is 10.4. The first-order chi connectivity index (χ1) is 21.4. The molecule has 9 nitrogen and oxygen atoms in total. The number of likely N-dealkylation sites (tertiary alicyclic amines) is 1. The van der Waals surface area contributed by atoms with E-state index in [4.69, 9.17) is 14.7 Å². The maximum absolute atomic E-state index is 10.7. The van der Waals surface area contributed by atoms with E-state index in [9.17, 15) is 5.11 Å². The van der Waals surface area contributed by atoms with Crippen LogP contribution < -0.4 is 19.9 Å². The highest BCUT2D eigenvalue weighted by molar-refractivity contribution is 5.97. The van der Waals surface area contributed by atoms with Gasteiger partial charge in [0.25, 0.3) is 0 Å². The van der Waals surface area contributed by atoms with Gasteiger partial charge in [0.05, 0.1) is 12.2 Å². The molecule has 0 amide bonds. The number of aromatic nitrogens is 2. The highest BCUT2D eigenvalue weighted by Crippen LogP contribution is 2.48. The quantitative estimate of drug-likeness (QED) is 0.359. The minimum absolute atomic E-state index is 0.123. The van der Waals surface area contributed by atoms with Gasteiger partial charge in [-0.2, -0.15) is 9.97 Å². The number of fused-ring (bicyclic) bond motifs is 2. The monoisotopic (exact) mass is 597 g/mol.